The summed E-state index contributed by atoms with van der Waals surface area (Å²) in [6.45, 7) is 2.96. The van der Waals surface area contributed by atoms with Crippen LogP contribution in [0.4, 0.5) is 15.8 Å². The molecule has 1 fully saturated rings. The summed E-state index contributed by atoms with van der Waals surface area (Å²) in [6.07, 6.45) is 1.20. The van der Waals surface area contributed by atoms with E-state index in [0.717, 1.165) is 11.6 Å². The molecule has 5 nitrogen and oxygen atoms in total. The molecule has 0 N–H and O–H groups in total. The minimum absolute atomic E-state index is 0.105. The molecule has 0 spiro atoms. The second-order valence-corrected chi connectivity index (χ2v) is 6.38. The molecule has 0 unspecified atom stereocenters. The minimum atomic E-state index is -0.502. The number of benzene rings is 2. The molecule has 0 atom stereocenters. The van der Waals surface area contributed by atoms with E-state index in [1.54, 1.807) is 4.90 Å². The number of carbonyl (C=O) groups excluding carboxylic acids is 1. The summed E-state index contributed by atoms with van der Waals surface area (Å²) in [5.41, 5.74) is 1.97. The number of anilines is 1. The Balaban J connectivity index is 1.72. The maximum absolute atomic E-state index is 13.5. The number of Topliss-reactive ketones (excluding diaryl/α,β-unsaturated/α-hetero) is 1. The number of nitro groups is 1. The first-order valence-corrected chi connectivity index (χ1v) is 8.25. The molecule has 0 aliphatic carbocycles. The molecule has 2 aromatic carbocycles. The number of piperidine rings is 1. The molecule has 1 aliphatic heterocycles. The largest absolute Gasteiger partial charge is 0.366 e. The first-order valence-electron chi connectivity index (χ1n) is 8.25. The van der Waals surface area contributed by atoms with Crippen LogP contribution in [0.25, 0.3) is 0 Å². The fourth-order valence-electron chi connectivity index (χ4n) is 3.24. The molecule has 6 heteroatoms. The number of ketones is 1. The summed E-state index contributed by atoms with van der Waals surface area (Å²) in [6, 6.07) is 11.0. The van der Waals surface area contributed by atoms with Crippen LogP contribution in [0.5, 0.6) is 0 Å². The van der Waals surface area contributed by atoms with Gasteiger partial charge >= 0.3 is 0 Å². The van der Waals surface area contributed by atoms with E-state index in [1.165, 1.54) is 12.1 Å². The van der Waals surface area contributed by atoms with Crippen molar-refractivity contribution in [3.05, 3.63) is 69.5 Å². The summed E-state index contributed by atoms with van der Waals surface area (Å²) in [4.78, 5) is 25.0. The molecule has 0 bridgehead atoms. The Kier molecular flexibility index (Phi) is 4.79. The zero-order valence-corrected chi connectivity index (χ0v) is 13.9. The summed E-state index contributed by atoms with van der Waals surface area (Å²) in [7, 11) is 0. The van der Waals surface area contributed by atoms with Gasteiger partial charge in [-0.25, -0.2) is 4.39 Å². The van der Waals surface area contributed by atoms with Crippen LogP contribution < -0.4 is 4.90 Å². The summed E-state index contributed by atoms with van der Waals surface area (Å²) >= 11 is 0. The summed E-state index contributed by atoms with van der Waals surface area (Å²) < 4.78 is 13.5. The average molecular weight is 342 g/mol. The van der Waals surface area contributed by atoms with Crippen molar-refractivity contribution in [1.29, 1.82) is 0 Å². The number of nitro benzene ring substituents is 1. The third-order valence-corrected chi connectivity index (χ3v) is 4.68. The van der Waals surface area contributed by atoms with Gasteiger partial charge in [0, 0.05) is 36.7 Å². The third kappa shape index (κ3) is 3.68. The van der Waals surface area contributed by atoms with Crippen molar-refractivity contribution in [3.8, 4) is 0 Å². The van der Waals surface area contributed by atoms with Gasteiger partial charge in [0.25, 0.3) is 5.69 Å². The summed E-state index contributed by atoms with van der Waals surface area (Å²) in [5.74, 6) is -0.501. The average Bonchev–Trinajstić information content (AvgIpc) is 2.61. The van der Waals surface area contributed by atoms with Gasteiger partial charge in [-0.15, -0.1) is 0 Å². The van der Waals surface area contributed by atoms with Crippen LogP contribution in [0.15, 0.2) is 42.5 Å². The maximum Gasteiger partial charge on any atom is 0.292 e. The smallest absolute Gasteiger partial charge is 0.292 e. The fraction of sp³-hybridized carbons (Fsp3) is 0.316. The molecule has 0 saturated carbocycles. The molecule has 1 saturated heterocycles. The topological polar surface area (TPSA) is 63.5 Å². The standard InChI is InChI=1S/C19H19FN2O3/c1-13-2-4-14(5-3-13)19(23)15-8-10-21(11-9-15)18-12-16(20)6-7-17(18)22(24)25/h2-7,12,15H,8-11H2,1H3. The molecular weight excluding hydrogens is 323 g/mol. The molecule has 2 aromatic rings. The second kappa shape index (κ2) is 7.01. The van der Waals surface area contributed by atoms with E-state index in [2.05, 4.69) is 0 Å². The first-order chi connectivity index (χ1) is 12.0. The van der Waals surface area contributed by atoms with Crippen LogP contribution in [0, 0.1) is 28.8 Å². The highest BCUT2D eigenvalue weighted by Crippen LogP contribution is 2.32. The van der Waals surface area contributed by atoms with Crippen LogP contribution in [0.3, 0.4) is 0 Å². The number of hydrogen-bond donors (Lipinski definition) is 0. The molecule has 25 heavy (non-hydrogen) atoms. The maximum atomic E-state index is 13.5. The van der Waals surface area contributed by atoms with Crippen LogP contribution in [0.2, 0.25) is 0 Å². The first kappa shape index (κ1) is 17.1. The Morgan fingerprint density at radius 3 is 2.40 bits per heavy atom. The van der Waals surface area contributed by atoms with Gasteiger partial charge in [0.05, 0.1) is 4.92 Å². The van der Waals surface area contributed by atoms with Crippen molar-refractivity contribution in [2.75, 3.05) is 18.0 Å². The van der Waals surface area contributed by atoms with Gasteiger partial charge in [0.15, 0.2) is 5.78 Å². The van der Waals surface area contributed by atoms with Crippen LogP contribution >= 0.6 is 0 Å². The number of hydrogen-bond acceptors (Lipinski definition) is 4. The van der Waals surface area contributed by atoms with E-state index in [9.17, 15) is 19.3 Å². The van der Waals surface area contributed by atoms with Crippen molar-refractivity contribution in [1.82, 2.24) is 0 Å². The molecular formula is C19H19FN2O3. The van der Waals surface area contributed by atoms with Crippen molar-refractivity contribution < 1.29 is 14.1 Å². The highest BCUT2D eigenvalue weighted by atomic mass is 19.1. The Morgan fingerprint density at radius 1 is 1.16 bits per heavy atom. The van der Waals surface area contributed by atoms with E-state index in [4.69, 9.17) is 0 Å². The van der Waals surface area contributed by atoms with Gasteiger partial charge in [-0.05, 0) is 25.8 Å². The lowest BCUT2D eigenvalue weighted by atomic mass is 9.88. The molecule has 1 heterocycles. The lowest BCUT2D eigenvalue weighted by Crippen LogP contribution is -2.36. The highest BCUT2D eigenvalue weighted by molar-refractivity contribution is 5.98. The van der Waals surface area contributed by atoms with Crippen molar-refractivity contribution >= 4 is 17.2 Å². The monoisotopic (exact) mass is 342 g/mol. The zero-order chi connectivity index (χ0) is 18.0. The van der Waals surface area contributed by atoms with Crippen molar-refractivity contribution in [3.63, 3.8) is 0 Å². The quantitative estimate of drug-likeness (QED) is 0.476. The van der Waals surface area contributed by atoms with E-state index >= 15 is 0 Å². The minimum Gasteiger partial charge on any atom is -0.366 e. The SMILES string of the molecule is Cc1ccc(C(=O)C2CCN(c3cc(F)ccc3[N+](=O)[O-])CC2)cc1. The molecule has 0 aromatic heterocycles. The Morgan fingerprint density at radius 2 is 1.80 bits per heavy atom. The Hall–Kier alpha value is -2.76. The Bertz CT molecular complexity index is 797. The second-order valence-electron chi connectivity index (χ2n) is 6.38. The number of nitrogens with zero attached hydrogens (tertiary/aromatic N) is 2. The van der Waals surface area contributed by atoms with E-state index in [1.807, 2.05) is 31.2 Å². The van der Waals surface area contributed by atoms with Crippen LogP contribution in [0.1, 0.15) is 28.8 Å². The van der Waals surface area contributed by atoms with Gasteiger partial charge in [-0.2, -0.15) is 0 Å². The lowest BCUT2D eigenvalue weighted by Gasteiger charge is -2.32. The molecule has 130 valence electrons. The lowest BCUT2D eigenvalue weighted by molar-refractivity contribution is -0.384. The number of carbonyl (C=O) groups is 1. The number of halogens is 1. The molecule has 0 radical (unpaired) electrons. The number of aryl methyl sites for hydroxylation is 1. The van der Waals surface area contributed by atoms with E-state index < -0.39 is 10.7 Å². The van der Waals surface area contributed by atoms with Gasteiger partial charge in [-0.1, -0.05) is 29.8 Å². The van der Waals surface area contributed by atoms with Crippen LogP contribution in [-0.4, -0.2) is 23.8 Å². The fourth-order valence-corrected chi connectivity index (χ4v) is 3.24. The van der Waals surface area contributed by atoms with Gasteiger partial charge in [-0.3, -0.25) is 14.9 Å². The normalized spacial score (nSPS) is 15.2. The van der Waals surface area contributed by atoms with Crippen LogP contribution in [-0.2, 0) is 0 Å². The van der Waals surface area contributed by atoms with Gasteiger partial charge in [0.1, 0.15) is 11.5 Å². The Labute approximate surface area is 145 Å². The predicted octanol–water partition coefficient (Wildman–Crippen LogP) is 4.14. The molecule has 0 amide bonds. The number of rotatable bonds is 4. The van der Waals surface area contributed by atoms with Crippen molar-refractivity contribution in [2.45, 2.75) is 19.8 Å². The molecule has 1 aliphatic rings. The van der Waals surface area contributed by atoms with Gasteiger partial charge in [0.2, 0.25) is 0 Å². The molecule has 3 rings (SSSR count). The highest BCUT2D eigenvalue weighted by Gasteiger charge is 2.29. The zero-order valence-electron chi connectivity index (χ0n) is 13.9. The predicted molar refractivity (Wildman–Crippen MR) is 93.5 cm³/mol. The van der Waals surface area contributed by atoms with E-state index in [-0.39, 0.29) is 23.1 Å². The van der Waals surface area contributed by atoms with Gasteiger partial charge < -0.3 is 4.90 Å². The summed E-state index contributed by atoms with van der Waals surface area (Å²) in [5, 5.41) is 11.2. The van der Waals surface area contributed by atoms with Crippen molar-refractivity contribution in [2.24, 2.45) is 5.92 Å². The third-order valence-electron chi connectivity index (χ3n) is 4.68. The van der Waals surface area contributed by atoms with E-state index in [0.29, 0.717) is 31.5 Å².